The van der Waals surface area contributed by atoms with Crippen molar-refractivity contribution in [3.63, 3.8) is 0 Å². The molecule has 0 bridgehead atoms. The molecule has 6 nitrogen and oxygen atoms in total. The molecule has 1 saturated carbocycles. The standard InChI is InChI=1S/C22H37N3O3/c23-22(27)17-6-10-25(11-7-17)21(26)12-20-19-8-9-24(14-18(19)15-28-20)13-16-4-2-1-3-5-16/h16-20H,1-15H2,(H2,23,27)/t18-,19-,20+/m1/s1. The molecule has 1 aliphatic carbocycles. The minimum atomic E-state index is -0.228. The number of rotatable bonds is 5. The number of piperidine rings is 2. The topological polar surface area (TPSA) is 75.9 Å². The van der Waals surface area contributed by atoms with Crippen LogP contribution in [0.2, 0.25) is 0 Å². The Hall–Kier alpha value is -1.14. The molecule has 2 amide bonds. The highest BCUT2D eigenvalue weighted by Gasteiger charge is 2.42. The molecule has 0 aromatic rings. The average molecular weight is 392 g/mol. The van der Waals surface area contributed by atoms with Gasteiger partial charge in [-0.1, -0.05) is 19.3 Å². The quantitative estimate of drug-likeness (QED) is 0.778. The van der Waals surface area contributed by atoms with Gasteiger partial charge in [0.15, 0.2) is 0 Å². The van der Waals surface area contributed by atoms with E-state index < -0.39 is 0 Å². The molecule has 0 radical (unpaired) electrons. The van der Waals surface area contributed by atoms with Crippen LogP contribution in [0.1, 0.15) is 57.8 Å². The summed E-state index contributed by atoms with van der Waals surface area (Å²) in [4.78, 5) is 28.6. The van der Waals surface area contributed by atoms with E-state index >= 15 is 0 Å². The van der Waals surface area contributed by atoms with Gasteiger partial charge >= 0.3 is 0 Å². The summed E-state index contributed by atoms with van der Waals surface area (Å²) >= 11 is 0. The Morgan fingerprint density at radius 2 is 1.71 bits per heavy atom. The Labute approximate surface area is 169 Å². The van der Waals surface area contributed by atoms with Crippen molar-refractivity contribution in [2.45, 2.75) is 63.9 Å². The van der Waals surface area contributed by atoms with Crippen molar-refractivity contribution < 1.29 is 14.3 Å². The zero-order chi connectivity index (χ0) is 19.5. The maximum Gasteiger partial charge on any atom is 0.225 e. The molecule has 0 aromatic carbocycles. The normalized spacial score (nSPS) is 33.0. The van der Waals surface area contributed by atoms with E-state index in [9.17, 15) is 9.59 Å². The van der Waals surface area contributed by atoms with Gasteiger partial charge < -0.3 is 20.3 Å². The van der Waals surface area contributed by atoms with Crippen molar-refractivity contribution in [3.05, 3.63) is 0 Å². The van der Waals surface area contributed by atoms with Gasteiger partial charge in [0, 0.05) is 38.0 Å². The first-order chi connectivity index (χ1) is 13.6. The van der Waals surface area contributed by atoms with Gasteiger partial charge in [-0.2, -0.15) is 0 Å². The summed E-state index contributed by atoms with van der Waals surface area (Å²) < 4.78 is 6.11. The third kappa shape index (κ3) is 4.70. The highest BCUT2D eigenvalue weighted by atomic mass is 16.5. The van der Waals surface area contributed by atoms with Gasteiger partial charge in [-0.3, -0.25) is 9.59 Å². The second-order valence-electron chi connectivity index (χ2n) is 9.61. The maximum absolute atomic E-state index is 12.8. The molecular formula is C22H37N3O3. The second kappa shape index (κ2) is 9.12. The number of carbonyl (C=O) groups excluding carboxylic acids is 2. The van der Waals surface area contributed by atoms with Crippen molar-refractivity contribution in [2.24, 2.45) is 29.4 Å². The van der Waals surface area contributed by atoms with Crippen LogP contribution in [0.5, 0.6) is 0 Å². The van der Waals surface area contributed by atoms with E-state index in [0.29, 0.717) is 44.2 Å². The summed E-state index contributed by atoms with van der Waals surface area (Å²) in [5.41, 5.74) is 5.40. The van der Waals surface area contributed by atoms with E-state index in [2.05, 4.69) is 4.90 Å². The van der Waals surface area contributed by atoms with Crippen molar-refractivity contribution in [2.75, 3.05) is 39.3 Å². The number of fused-ring (bicyclic) bond motifs is 1. The smallest absolute Gasteiger partial charge is 0.225 e. The van der Waals surface area contributed by atoms with Crippen LogP contribution in [-0.2, 0) is 14.3 Å². The minimum Gasteiger partial charge on any atom is -0.377 e. The molecule has 3 aliphatic heterocycles. The zero-order valence-electron chi connectivity index (χ0n) is 17.2. The van der Waals surface area contributed by atoms with Crippen LogP contribution in [-0.4, -0.2) is 67.0 Å². The van der Waals surface area contributed by atoms with Crippen LogP contribution < -0.4 is 5.73 Å². The highest BCUT2D eigenvalue weighted by molar-refractivity contribution is 5.79. The first-order valence-electron chi connectivity index (χ1n) is 11.5. The van der Waals surface area contributed by atoms with Crippen molar-refractivity contribution in [1.82, 2.24) is 9.80 Å². The van der Waals surface area contributed by atoms with Crippen molar-refractivity contribution in [3.8, 4) is 0 Å². The number of hydrogen-bond donors (Lipinski definition) is 1. The van der Waals surface area contributed by atoms with Crippen LogP contribution in [0.25, 0.3) is 0 Å². The van der Waals surface area contributed by atoms with Crippen LogP contribution >= 0.6 is 0 Å². The monoisotopic (exact) mass is 391 g/mol. The summed E-state index contributed by atoms with van der Waals surface area (Å²) in [6.07, 6.45) is 10.2. The van der Waals surface area contributed by atoms with Crippen LogP contribution in [0, 0.1) is 23.7 Å². The fraction of sp³-hybridized carbons (Fsp3) is 0.909. The first kappa shape index (κ1) is 20.1. The third-order valence-electron chi connectivity index (χ3n) is 7.75. The van der Waals surface area contributed by atoms with Crippen LogP contribution in [0.4, 0.5) is 0 Å². The van der Waals surface area contributed by atoms with Gasteiger partial charge in [0.25, 0.3) is 0 Å². The number of likely N-dealkylation sites (tertiary alicyclic amines) is 2. The molecule has 3 saturated heterocycles. The molecule has 3 heterocycles. The number of amides is 2. The molecule has 4 fully saturated rings. The van der Waals surface area contributed by atoms with E-state index in [1.54, 1.807) is 0 Å². The average Bonchev–Trinajstić information content (AvgIpc) is 3.11. The number of carbonyl (C=O) groups is 2. The molecule has 0 unspecified atom stereocenters. The van der Waals surface area contributed by atoms with E-state index in [1.807, 2.05) is 4.90 Å². The molecule has 0 spiro atoms. The first-order valence-corrected chi connectivity index (χ1v) is 11.5. The number of nitrogens with zero attached hydrogens (tertiary/aromatic N) is 2. The van der Waals surface area contributed by atoms with E-state index in [-0.39, 0.29) is 23.8 Å². The Kier molecular flexibility index (Phi) is 6.56. The summed E-state index contributed by atoms with van der Waals surface area (Å²) in [6.45, 7) is 5.70. The predicted octanol–water partition coefficient (Wildman–Crippen LogP) is 2.02. The number of hydrogen-bond acceptors (Lipinski definition) is 4. The van der Waals surface area contributed by atoms with Gasteiger partial charge in [0.2, 0.25) is 11.8 Å². The summed E-state index contributed by atoms with van der Waals surface area (Å²) in [6, 6.07) is 0. The Bertz CT molecular complexity index is 555. The van der Waals surface area contributed by atoms with Gasteiger partial charge in [-0.25, -0.2) is 0 Å². The second-order valence-corrected chi connectivity index (χ2v) is 9.61. The van der Waals surface area contributed by atoms with Crippen molar-refractivity contribution >= 4 is 11.8 Å². The van der Waals surface area contributed by atoms with Crippen molar-refractivity contribution in [1.29, 1.82) is 0 Å². The number of ether oxygens (including phenoxy) is 1. The fourth-order valence-corrected chi connectivity index (χ4v) is 5.99. The van der Waals surface area contributed by atoms with Crippen LogP contribution in [0.3, 0.4) is 0 Å². The van der Waals surface area contributed by atoms with E-state index in [0.717, 1.165) is 25.6 Å². The predicted molar refractivity (Wildman–Crippen MR) is 107 cm³/mol. The molecule has 4 rings (SSSR count). The lowest BCUT2D eigenvalue weighted by Crippen LogP contribution is -2.45. The lowest BCUT2D eigenvalue weighted by molar-refractivity contribution is -0.137. The third-order valence-corrected chi connectivity index (χ3v) is 7.75. The van der Waals surface area contributed by atoms with Gasteiger partial charge in [0.05, 0.1) is 19.1 Å². The molecule has 0 aromatic heterocycles. The molecule has 4 aliphatic rings. The van der Waals surface area contributed by atoms with Gasteiger partial charge in [-0.15, -0.1) is 0 Å². The lowest BCUT2D eigenvalue weighted by atomic mass is 9.82. The SMILES string of the molecule is NC(=O)C1CCN(C(=O)C[C@@H]2OC[C@H]3CN(CC4CCCCC4)CC[C@H]32)CC1. The number of primary amides is 1. The zero-order valence-corrected chi connectivity index (χ0v) is 17.2. The minimum absolute atomic E-state index is 0.0651. The maximum atomic E-state index is 12.8. The largest absolute Gasteiger partial charge is 0.377 e. The molecule has 2 N–H and O–H groups in total. The Morgan fingerprint density at radius 1 is 0.964 bits per heavy atom. The molecule has 158 valence electrons. The summed E-state index contributed by atoms with van der Waals surface area (Å²) in [7, 11) is 0. The van der Waals surface area contributed by atoms with E-state index in [1.165, 1.54) is 45.1 Å². The van der Waals surface area contributed by atoms with Crippen LogP contribution in [0.15, 0.2) is 0 Å². The summed E-state index contributed by atoms with van der Waals surface area (Å²) in [5.74, 6) is 1.93. The lowest BCUT2D eigenvalue weighted by Gasteiger charge is -2.38. The Balaban J connectivity index is 1.22. The van der Waals surface area contributed by atoms with Gasteiger partial charge in [0.1, 0.15) is 0 Å². The number of nitrogens with two attached hydrogens (primary N) is 1. The van der Waals surface area contributed by atoms with E-state index in [4.69, 9.17) is 10.5 Å². The molecule has 3 atom stereocenters. The Morgan fingerprint density at radius 3 is 2.43 bits per heavy atom. The molecule has 28 heavy (non-hydrogen) atoms. The molecular weight excluding hydrogens is 354 g/mol. The highest BCUT2D eigenvalue weighted by Crippen LogP contribution is 2.37. The van der Waals surface area contributed by atoms with Gasteiger partial charge in [-0.05, 0) is 50.5 Å². The molecule has 6 heteroatoms. The fourth-order valence-electron chi connectivity index (χ4n) is 5.99. The summed E-state index contributed by atoms with van der Waals surface area (Å²) in [5, 5.41) is 0.